The molecule has 5 nitrogen and oxygen atoms in total. The second kappa shape index (κ2) is 11.3. The van der Waals surface area contributed by atoms with Crippen LogP contribution in [0.4, 0.5) is 0 Å². The highest BCUT2D eigenvalue weighted by molar-refractivity contribution is 9.10. The molecule has 1 aliphatic rings. The Bertz CT molecular complexity index is 731. The molecular weight excluding hydrogens is 440 g/mol. The van der Waals surface area contributed by atoms with Crippen LogP contribution in [0.15, 0.2) is 28.7 Å². The fourth-order valence-electron chi connectivity index (χ4n) is 3.66. The molecule has 1 saturated heterocycles. The molecule has 0 aliphatic carbocycles. The second-order valence-corrected chi connectivity index (χ2v) is 10.6. The number of carbonyl (C=O) groups excluding carboxylic acids is 1. The molecule has 7 heteroatoms. The van der Waals surface area contributed by atoms with Gasteiger partial charge in [-0.2, -0.15) is 0 Å². The zero-order valence-corrected chi connectivity index (χ0v) is 19.4. The van der Waals surface area contributed by atoms with Crippen molar-refractivity contribution in [3.05, 3.63) is 34.3 Å². The van der Waals surface area contributed by atoms with Crippen molar-refractivity contribution in [3.8, 4) is 0 Å². The summed E-state index contributed by atoms with van der Waals surface area (Å²) in [6.45, 7) is 5.92. The number of hydrogen-bond donors (Lipinski definition) is 1. The van der Waals surface area contributed by atoms with Crippen LogP contribution in [-0.2, 0) is 20.6 Å². The Balaban J connectivity index is 1.81. The van der Waals surface area contributed by atoms with Crippen molar-refractivity contribution >= 4 is 31.9 Å². The van der Waals surface area contributed by atoms with Crippen LogP contribution < -0.4 is 5.32 Å². The first kappa shape index (κ1) is 23.4. The van der Waals surface area contributed by atoms with E-state index in [-0.39, 0.29) is 17.6 Å². The molecule has 0 bridgehead atoms. The van der Waals surface area contributed by atoms with Crippen LogP contribution in [0.1, 0.15) is 57.9 Å². The van der Waals surface area contributed by atoms with E-state index < -0.39 is 10.0 Å². The molecular formula is C21H33BrN2O3S. The average Bonchev–Trinajstić information content (AvgIpc) is 2.67. The Morgan fingerprint density at radius 2 is 2.00 bits per heavy atom. The monoisotopic (exact) mass is 472 g/mol. The fourth-order valence-corrected chi connectivity index (χ4v) is 5.65. The van der Waals surface area contributed by atoms with Crippen LogP contribution in [0.3, 0.4) is 0 Å². The number of benzene rings is 1. The standard InChI is InChI=1S/C21H33BrN2O3S/c1-3-5-7-17(4-2)15-23-21(25)19-10-12-24(13-11-19)28(26,27)16-18-8-6-9-20(22)14-18/h6,8-9,14,17,19H,3-5,7,10-13,15-16H2,1-2H3,(H,23,25). The van der Waals surface area contributed by atoms with Crippen LogP contribution in [0.5, 0.6) is 0 Å². The smallest absolute Gasteiger partial charge is 0.223 e. The number of halogens is 1. The summed E-state index contributed by atoms with van der Waals surface area (Å²) in [5.74, 6) is 0.536. The highest BCUT2D eigenvalue weighted by Crippen LogP contribution is 2.23. The predicted molar refractivity (Wildman–Crippen MR) is 117 cm³/mol. The van der Waals surface area contributed by atoms with Gasteiger partial charge in [-0.05, 0) is 42.9 Å². The average molecular weight is 473 g/mol. The SMILES string of the molecule is CCCCC(CC)CNC(=O)C1CCN(S(=O)(=O)Cc2cccc(Br)c2)CC1. The molecule has 1 atom stereocenters. The maximum Gasteiger partial charge on any atom is 0.223 e. The van der Waals surface area contributed by atoms with Gasteiger partial charge in [0.25, 0.3) is 0 Å². The first-order valence-electron chi connectivity index (χ1n) is 10.4. The molecule has 2 rings (SSSR count). The molecule has 1 aromatic carbocycles. The third-order valence-corrected chi connectivity index (χ3v) is 7.91. The number of unbranched alkanes of at least 4 members (excludes halogenated alkanes) is 1. The van der Waals surface area contributed by atoms with Gasteiger partial charge in [-0.1, -0.05) is 61.2 Å². The number of amides is 1. The summed E-state index contributed by atoms with van der Waals surface area (Å²) in [4.78, 5) is 12.5. The Kier molecular flexibility index (Phi) is 9.44. The van der Waals surface area contributed by atoms with Crippen LogP contribution in [0.25, 0.3) is 0 Å². The molecule has 28 heavy (non-hydrogen) atoms. The highest BCUT2D eigenvalue weighted by atomic mass is 79.9. The van der Waals surface area contributed by atoms with Gasteiger partial charge in [-0.25, -0.2) is 12.7 Å². The summed E-state index contributed by atoms with van der Waals surface area (Å²) < 4.78 is 27.8. The largest absolute Gasteiger partial charge is 0.356 e. The van der Waals surface area contributed by atoms with E-state index in [4.69, 9.17) is 0 Å². The van der Waals surface area contributed by atoms with Gasteiger partial charge < -0.3 is 5.32 Å². The maximum absolute atomic E-state index is 12.7. The minimum atomic E-state index is -3.36. The molecule has 0 aromatic heterocycles. The van der Waals surface area contributed by atoms with Gasteiger partial charge in [0, 0.05) is 30.0 Å². The van der Waals surface area contributed by atoms with Gasteiger partial charge in [-0.3, -0.25) is 4.79 Å². The highest BCUT2D eigenvalue weighted by Gasteiger charge is 2.31. The molecule has 1 N–H and O–H groups in total. The minimum Gasteiger partial charge on any atom is -0.356 e. The Morgan fingerprint density at radius 1 is 1.29 bits per heavy atom. The van der Waals surface area contributed by atoms with Gasteiger partial charge in [0.2, 0.25) is 15.9 Å². The molecule has 158 valence electrons. The van der Waals surface area contributed by atoms with Crippen molar-refractivity contribution in [3.63, 3.8) is 0 Å². The quantitative estimate of drug-likeness (QED) is 0.550. The zero-order chi connectivity index (χ0) is 20.6. The molecule has 1 unspecified atom stereocenters. The van der Waals surface area contributed by atoms with E-state index in [9.17, 15) is 13.2 Å². The molecule has 1 aromatic rings. The van der Waals surface area contributed by atoms with E-state index >= 15 is 0 Å². The van der Waals surface area contributed by atoms with Crippen molar-refractivity contribution in [2.75, 3.05) is 19.6 Å². The lowest BCUT2D eigenvalue weighted by molar-refractivity contribution is -0.126. The van der Waals surface area contributed by atoms with E-state index in [2.05, 4.69) is 35.1 Å². The summed E-state index contributed by atoms with van der Waals surface area (Å²) in [6.07, 6.45) is 5.79. The van der Waals surface area contributed by atoms with Crippen LogP contribution in [0, 0.1) is 11.8 Å². The Hall–Kier alpha value is -0.920. The maximum atomic E-state index is 12.7. The lowest BCUT2D eigenvalue weighted by atomic mass is 9.95. The number of piperidine rings is 1. The first-order valence-corrected chi connectivity index (χ1v) is 12.8. The van der Waals surface area contributed by atoms with Crippen LogP contribution in [0.2, 0.25) is 0 Å². The predicted octanol–water partition coefficient (Wildman–Crippen LogP) is 4.32. The number of nitrogens with one attached hydrogen (secondary N) is 1. The van der Waals surface area contributed by atoms with Crippen molar-refractivity contribution in [1.82, 2.24) is 9.62 Å². The first-order chi connectivity index (χ1) is 13.4. The van der Waals surface area contributed by atoms with E-state index in [1.165, 1.54) is 17.1 Å². The van der Waals surface area contributed by atoms with E-state index in [0.29, 0.717) is 31.8 Å². The van der Waals surface area contributed by atoms with E-state index in [1.807, 2.05) is 24.3 Å². The zero-order valence-electron chi connectivity index (χ0n) is 17.0. The summed E-state index contributed by atoms with van der Waals surface area (Å²) in [5.41, 5.74) is 0.770. The summed E-state index contributed by atoms with van der Waals surface area (Å²) >= 11 is 3.38. The topological polar surface area (TPSA) is 66.5 Å². The lowest BCUT2D eigenvalue weighted by Gasteiger charge is -2.31. The Labute approximate surface area is 178 Å². The van der Waals surface area contributed by atoms with E-state index in [1.54, 1.807) is 0 Å². The number of carbonyl (C=O) groups is 1. The Morgan fingerprint density at radius 3 is 2.61 bits per heavy atom. The van der Waals surface area contributed by atoms with Crippen molar-refractivity contribution in [2.24, 2.45) is 11.8 Å². The second-order valence-electron chi connectivity index (χ2n) is 7.72. The molecule has 1 heterocycles. The van der Waals surface area contributed by atoms with Crippen molar-refractivity contribution < 1.29 is 13.2 Å². The molecule has 0 spiro atoms. The van der Waals surface area contributed by atoms with Gasteiger partial charge >= 0.3 is 0 Å². The van der Waals surface area contributed by atoms with Gasteiger partial charge in [-0.15, -0.1) is 0 Å². The molecule has 1 fully saturated rings. The third-order valence-electron chi connectivity index (χ3n) is 5.56. The summed E-state index contributed by atoms with van der Waals surface area (Å²) in [6, 6.07) is 7.38. The minimum absolute atomic E-state index is 0.00108. The number of hydrogen-bond acceptors (Lipinski definition) is 3. The normalized spacial score (nSPS) is 17.4. The van der Waals surface area contributed by atoms with Crippen LogP contribution >= 0.6 is 15.9 Å². The van der Waals surface area contributed by atoms with Crippen LogP contribution in [-0.4, -0.2) is 38.3 Å². The van der Waals surface area contributed by atoms with Gasteiger partial charge in [0.1, 0.15) is 0 Å². The van der Waals surface area contributed by atoms with Gasteiger partial charge in [0.05, 0.1) is 5.75 Å². The van der Waals surface area contributed by atoms with Crippen molar-refractivity contribution in [2.45, 2.75) is 58.1 Å². The molecule has 1 amide bonds. The molecule has 0 radical (unpaired) electrons. The molecule has 1 aliphatic heterocycles. The lowest BCUT2D eigenvalue weighted by Crippen LogP contribution is -2.44. The number of nitrogens with zero attached hydrogens (tertiary/aromatic N) is 1. The molecule has 0 saturated carbocycles. The summed E-state index contributed by atoms with van der Waals surface area (Å²) in [5, 5.41) is 3.10. The number of rotatable bonds is 10. The van der Waals surface area contributed by atoms with E-state index in [0.717, 1.165) is 29.4 Å². The summed E-state index contributed by atoms with van der Waals surface area (Å²) in [7, 11) is -3.36. The van der Waals surface area contributed by atoms with Gasteiger partial charge in [0.15, 0.2) is 0 Å². The fraction of sp³-hybridized carbons (Fsp3) is 0.667. The number of sulfonamides is 1. The van der Waals surface area contributed by atoms with Crippen molar-refractivity contribution in [1.29, 1.82) is 0 Å². The third kappa shape index (κ3) is 7.16.